The first-order valence-corrected chi connectivity index (χ1v) is 12.5. The van der Waals surface area contributed by atoms with Crippen LogP contribution in [-0.4, -0.2) is 57.0 Å². The lowest BCUT2D eigenvalue weighted by Crippen LogP contribution is -2.39. The molecular weight excluding hydrogens is 461 g/mol. The Morgan fingerprint density at radius 1 is 1.03 bits per heavy atom. The zero-order valence-corrected chi connectivity index (χ0v) is 19.7. The number of carbonyl (C=O) groups excluding carboxylic acids is 3. The van der Waals surface area contributed by atoms with Gasteiger partial charge in [-0.25, -0.2) is 4.68 Å². The zero-order valence-electron chi connectivity index (χ0n) is 18.8. The Hall–Kier alpha value is -3.40. The van der Waals surface area contributed by atoms with Gasteiger partial charge in [0.15, 0.2) is 0 Å². The van der Waals surface area contributed by atoms with E-state index in [9.17, 15) is 18.9 Å². The van der Waals surface area contributed by atoms with Crippen LogP contribution in [0.5, 0.6) is 0 Å². The molecule has 0 atom stereocenters. The predicted molar refractivity (Wildman–Crippen MR) is 122 cm³/mol. The number of aromatic nitrogens is 3. The quantitative estimate of drug-likeness (QED) is 0.342. The maximum atomic E-state index is 13.0. The van der Waals surface area contributed by atoms with Crippen LogP contribution in [-0.2, 0) is 31.6 Å². The van der Waals surface area contributed by atoms with Crippen LogP contribution in [0.3, 0.4) is 0 Å². The first-order valence-electron chi connectivity index (χ1n) is 10.8. The van der Waals surface area contributed by atoms with E-state index in [0.29, 0.717) is 22.2 Å². The van der Waals surface area contributed by atoms with Crippen molar-refractivity contribution in [1.29, 1.82) is 0 Å². The van der Waals surface area contributed by atoms with Crippen LogP contribution in [0, 0.1) is 0 Å². The maximum Gasteiger partial charge on any atom is 0.340 e. The smallest absolute Gasteiger partial charge is 0.336 e. The molecule has 4 rings (SSSR count). The van der Waals surface area contributed by atoms with E-state index < -0.39 is 31.5 Å². The second-order valence-electron chi connectivity index (χ2n) is 7.52. The van der Waals surface area contributed by atoms with E-state index in [1.54, 1.807) is 38.1 Å². The van der Waals surface area contributed by atoms with E-state index in [1.165, 1.54) is 10.9 Å². The highest BCUT2D eigenvalue weighted by Gasteiger charge is 2.33. The molecule has 1 aliphatic rings. The summed E-state index contributed by atoms with van der Waals surface area (Å²) in [6, 6.07) is 10.7. The first-order chi connectivity index (χ1) is 16.3. The lowest BCUT2D eigenvalue weighted by molar-refractivity contribution is -0.119. The molecular formula is C22H24N5O6P. The lowest BCUT2D eigenvalue weighted by atomic mass is 9.94. The molecule has 2 heterocycles. The number of benzene rings is 2. The number of hydrogen-bond donors (Lipinski definition) is 1. The van der Waals surface area contributed by atoms with Crippen molar-refractivity contribution in [3.05, 3.63) is 59.4 Å². The molecule has 11 nitrogen and oxygen atoms in total. The molecule has 1 aromatic heterocycles. The summed E-state index contributed by atoms with van der Waals surface area (Å²) in [4.78, 5) is 39.4. The van der Waals surface area contributed by atoms with Crippen molar-refractivity contribution in [2.24, 2.45) is 0 Å². The third-order valence-electron chi connectivity index (χ3n) is 5.19. The van der Waals surface area contributed by atoms with Crippen molar-refractivity contribution in [2.75, 3.05) is 19.4 Å². The van der Waals surface area contributed by atoms with Gasteiger partial charge in [0.1, 0.15) is 18.5 Å². The van der Waals surface area contributed by atoms with Gasteiger partial charge in [-0.1, -0.05) is 29.5 Å². The number of nitrogens with one attached hydrogen (secondary N) is 1. The highest BCUT2D eigenvalue weighted by molar-refractivity contribution is 7.54. The summed E-state index contributed by atoms with van der Waals surface area (Å²) in [5.74, 6) is -1.34. The van der Waals surface area contributed by atoms with Gasteiger partial charge in [0, 0.05) is 16.5 Å². The van der Waals surface area contributed by atoms with E-state index >= 15 is 0 Å². The van der Waals surface area contributed by atoms with Crippen LogP contribution in [0.15, 0.2) is 42.6 Å². The van der Waals surface area contributed by atoms with Gasteiger partial charge in [-0.3, -0.25) is 23.8 Å². The van der Waals surface area contributed by atoms with Crippen molar-refractivity contribution in [2.45, 2.75) is 27.1 Å². The van der Waals surface area contributed by atoms with E-state index in [2.05, 4.69) is 15.6 Å². The largest absolute Gasteiger partial charge is 0.340 e. The summed E-state index contributed by atoms with van der Waals surface area (Å²) in [5.41, 5.74) is 1.29. The molecule has 0 aliphatic carbocycles. The van der Waals surface area contributed by atoms with Crippen LogP contribution in [0.1, 0.15) is 40.3 Å². The van der Waals surface area contributed by atoms with Crippen LogP contribution in [0.2, 0.25) is 0 Å². The topological polar surface area (TPSA) is 133 Å². The van der Waals surface area contributed by atoms with Gasteiger partial charge < -0.3 is 14.4 Å². The molecule has 34 heavy (non-hydrogen) atoms. The Morgan fingerprint density at radius 3 is 2.24 bits per heavy atom. The molecule has 0 fully saturated rings. The number of nitrogens with zero attached hydrogens (tertiary/aromatic N) is 4. The second-order valence-corrected chi connectivity index (χ2v) is 9.57. The Labute approximate surface area is 195 Å². The Morgan fingerprint density at radius 2 is 1.65 bits per heavy atom. The third kappa shape index (κ3) is 4.77. The SMILES string of the molecule is CCOP(=O)(CC(=O)NCn1cc(CN2C(=O)c3cccc4cccc(c34)C2=O)nn1)OCC. The van der Waals surface area contributed by atoms with Gasteiger partial charge in [0.25, 0.3) is 11.8 Å². The minimum absolute atomic E-state index is 0.0475. The molecule has 0 unspecified atom stereocenters. The summed E-state index contributed by atoms with van der Waals surface area (Å²) in [6.45, 7) is 3.52. The average molecular weight is 485 g/mol. The summed E-state index contributed by atoms with van der Waals surface area (Å²) >= 11 is 0. The van der Waals surface area contributed by atoms with Gasteiger partial charge in [-0.2, -0.15) is 0 Å². The maximum absolute atomic E-state index is 13.0. The number of rotatable bonds is 10. The van der Waals surface area contributed by atoms with E-state index in [0.717, 1.165) is 10.3 Å². The fourth-order valence-corrected chi connectivity index (χ4v) is 5.30. The summed E-state index contributed by atoms with van der Waals surface area (Å²) in [6.07, 6.45) is 1.10. The van der Waals surface area contributed by atoms with Crippen LogP contribution in [0.25, 0.3) is 10.8 Å². The van der Waals surface area contributed by atoms with Crippen molar-refractivity contribution in [3.63, 3.8) is 0 Å². The highest BCUT2D eigenvalue weighted by atomic mass is 31.2. The average Bonchev–Trinajstić information content (AvgIpc) is 3.26. The normalized spacial score (nSPS) is 13.5. The lowest BCUT2D eigenvalue weighted by Gasteiger charge is -2.26. The van der Waals surface area contributed by atoms with Gasteiger partial charge in [-0.05, 0) is 31.4 Å². The van der Waals surface area contributed by atoms with Crippen molar-refractivity contribution in [3.8, 4) is 0 Å². The van der Waals surface area contributed by atoms with Crippen molar-refractivity contribution >= 4 is 36.1 Å². The fourth-order valence-electron chi connectivity index (χ4n) is 3.80. The van der Waals surface area contributed by atoms with E-state index in [1.807, 2.05) is 12.1 Å². The highest BCUT2D eigenvalue weighted by Crippen LogP contribution is 2.47. The molecule has 3 amide bonds. The molecule has 0 radical (unpaired) electrons. The van der Waals surface area contributed by atoms with Crippen LogP contribution in [0.4, 0.5) is 0 Å². The molecule has 0 saturated carbocycles. The second kappa shape index (κ2) is 9.84. The van der Waals surface area contributed by atoms with Gasteiger partial charge in [0.2, 0.25) is 5.91 Å². The number of amides is 3. The van der Waals surface area contributed by atoms with Crippen LogP contribution < -0.4 is 5.32 Å². The predicted octanol–water partition coefficient (Wildman–Crippen LogP) is 2.57. The Kier molecular flexibility index (Phi) is 6.87. The molecule has 2 aromatic carbocycles. The Bertz CT molecular complexity index is 1250. The van der Waals surface area contributed by atoms with Gasteiger partial charge in [0.05, 0.1) is 26.0 Å². The minimum atomic E-state index is -3.51. The summed E-state index contributed by atoms with van der Waals surface area (Å²) in [5, 5.41) is 12.0. The number of hydrogen-bond acceptors (Lipinski definition) is 8. The van der Waals surface area contributed by atoms with Crippen LogP contribution >= 0.6 is 7.60 Å². The molecule has 0 spiro atoms. The summed E-state index contributed by atoms with van der Waals surface area (Å²) < 4.78 is 24.0. The molecule has 3 aromatic rings. The number of imide groups is 1. The molecule has 0 bridgehead atoms. The molecule has 12 heteroatoms. The van der Waals surface area contributed by atoms with Crippen molar-refractivity contribution < 1.29 is 28.0 Å². The van der Waals surface area contributed by atoms with Gasteiger partial charge >= 0.3 is 7.60 Å². The minimum Gasteiger partial charge on any atom is -0.336 e. The molecule has 0 saturated heterocycles. The third-order valence-corrected chi connectivity index (χ3v) is 7.17. The zero-order chi connectivity index (χ0) is 24.3. The summed E-state index contributed by atoms with van der Waals surface area (Å²) in [7, 11) is -3.51. The number of carbonyl (C=O) groups is 3. The van der Waals surface area contributed by atoms with E-state index in [-0.39, 0.29) is 26.4 Å². The molecule has 1 aliphatic heterocycles. The molecule has 178 valence electrons. The van der Waals surface area contributed by atoms with Crippen molar-refractivity contribution in [1.82, 2.24) is 25.2 Å². The standard InChI is InChI=1S/C22H24N5O6P/c1-3-32-34(31,33-4-2)13-19(28)23-14-26-11-16(24-25-26)12-27-21(29)17-9-5-7-15-8-6-10-18(20(15)17)22(27)30/h5-11H,3-4,12-14H2,1-2H3,(H,23,28). The monoisotopic (exact) mass is 485 g/mol. The fraction of sp³-hybridized carbons (Fsp3) is 0.318. The first kappa shape index (κ1) is 23.7. The van der Waals surface area contributed by atoms with E-state index in [4.69, 9.17) is 9.05 Å². The van der Waals surface area contributed by atoms with Gasteiger partial charge in [-0.15, -0.1) is 5.10 Å². The molecule has 1 N–H and O–H groups in total. The Balaban J connectivity index is 1.41.